The van der Waals surface area contributed by atoms with E-state index in [2.05, 4.69) is 20.7 Å². The van der Waals surface area contributed by atoms with Gasteiger partial charge < -0.3 is 0 Å². The lowest BCUT2D eigenvalue weighted by Crippen LogP contribution is -2.43. The van der Waals surface area contributed by atoms with Gasteiger partial charge in [0.15, 0.2) is 0 Å². The van der Waals surface area contributed by atoms with Gasteiger partial charge in [-0.15, -0.1) is 0 Å². The van der Waals surface area contributed by atoms with E-state index < -0.39 is 26.7 Å². The lowest BCUT2D eigenvalue weighted by atomic mass is 9.96. The van der Waals surface area contributed by atoms with Gasteiger partial charge in [-0.3, -0.25) is 0 Å². The molecule has 1 fully saturated rings. The van der Waals surface area contributed by atoms with Gasteiger partial charge in [0.25, 0.3) is 0 Å². The third kappa shape index (κ3) is 3.98. The van der Waals surface area contributed by atoms with E-state index in [1.165, 1.54) is 12.1 Å². The van der Waals surface area contributed by atoms with E-state index >= 15 is 0 Å². The minimum Gasteiger partial charge on any atom is -0.207 e. The predicted octanol–water partition coefficient (Wildman–Crippen LogP) is 3.69. The standard InChI is InChI=1S/C13H15BrF3NO2S/c14-10-6-2-3-7-11(10)18-21(19,20)12-8-4-1-5-9(12)13(15,16)17/h1,4-5,8,10-11,18H,2-3,6-7H2. The van der Waals surface area contributed by atoms with Crippen LogP contribution in [0.1, 0.15) is 31.2 Å². The number of hydrogen-bond donors (Lipinski definition) is 1. The predicted molar refractivity (Wildman–Crippen MR) is 76.7 cm³/mol. The molecule has 8 heteroatoms. The Morgan fingerprint density at radius 2 is 1.76 bits per heavy atom. The Kier molecular flexibility index (Phi) is 4.99. The van der Waals surface area contributed by atoms with Crippen LogP contribution < -0.4 is 4.72 Å². The first-order valence-corrected chi connectivity index (χ1v) is 8.94. The Morgan fingerprint density at radius 1 is 1.14 bits per heavy atom. The molecule has 1 N–H and O–H groups in total. The number of nitrogens with one attached hydrogen (secondary N) is 1. The lowest BCUT2D eigenvalue weighted by Gasteiger charge is -2.28. The molecule has 0 amide bonds. The molecule has 2 atom stereocenters. The molecular weight excluding hydrogens is 371 g/mol. The van der Waals surface area contributed by atoms with Gasteiger partial charge in [-0.25, -0.2) is 13.1 Å². The van der Waals surface area contributed by atoms with Crippen LogP contribution in [0.25, 0.3) is 0 Å². The second-order valence-electron chi connectivity index (χ2n) is 5.02. The summed E-state index contributed by atoms with van der Waals surface area (Å²) in [5.41, 5.74) is -1.14. The van der Waals surface area contributed by atoms with Crippen molar-refractivity contribution in [3.05, 3.63) is 29.8 Å². The molecule has 0 spiro atoms. The summed E-state index contributed by atoms with van der Waals surface area (Å²) in [5, 5.41) is 0. The summed E-state index contributed by atoms with van der Waals surface area (Å²) in [4.78, 5) is -0.776. The van der Waals surface area contributed by atoms with Crippen LogP contribution in [0.4, 0.5) is 13.2 Å². The zero-order chi connectivity index (χ0) is 15.7. The van der Waals surface area contributed by atoms with Gasteiger partial charge in [-0.1, -0.05) is 40.9 Å². The number of halogens is 4. The molecule has 3 nitrogen and oxygen atoms in total. The summed E-state index contributed by atoms with van der Waals surface area (Å²) in [7, 11) is -4.21. The Labute approximate surface area is 130 Å². The molecule has 1 aliphatic rings. The van der Waals surface area contributed by atoms with Crippen LogP contribution in [0, 0.1) is 0 Å². The van der Waals surface area contributed by atoms with Crippen molar-refractivity contribution >= 4 is 26.0 Å². The molecule has 21 heavy (non-hydrogen) atoms. The van der Waals surface area contributed by atoms with Gasteiger partial charge in [0.1, 0.15) is 0 Å². The lowest BCUT2D eigenvalue weighted by molar-refractivity contribution is -0.139. The summed E-state index contributed by atoms with van der Waals surface area (Å²) in [6.07, 6.45) is -1.45. The average molecular weight is 386 g/mol. The molecule has 0 saturated heterocycles. The fraction of sp³-hybridized carbons (Fsp3) is 0.538. The summed E-state index contributed by atoms with van der Waals surface area (Å²) in [5.74, 6) is 0. The molecule has 0 aliphatic heterocycles. The summed E-state index contributed by atoms with van der Waals surface area (Å²) in [6, 6.07) is 3.84. The largest absolute Gasteiger partial charge is 0.417 e. The molecule has 0 heterocycles. The van der Waals surface area contributed by atoms with E-state index in [9.17, 15) is 21.6 Å². The van der Waals surface area contributed by atoms with Crippen LogP contribution in [0.15, 0.2) is 29.2 Å². The van der Waals surface area contributed by atoms with E-state index in [0.717, 1.165) is 31.4 Å². The maximum atomic E-state index is 12.9. The van der Waals surface area contributed by atoms with Crippen LogP contribution in [0.5, 0.6) is 0 Å². The number of sulfonamides is 1. The van der Waals surface area contributed by atoms with Crippen LogP contribution in [-0.2, 0) is 16.2 Å². The highest BCUT2D eigenvalue weighted by atomic mass is 79.9. The van der Waals surface area contributed by atoms with Crippen LogP contribution >= 0.6 is 15.9 Å². The van der Waals surface area contributed by atoms with E-state index in [-0.39, 0.29) is 10.9 Å². The molecule has 2 rings (SSSR count). The highest BCUT2D eigenvalue weighted by Crippen LogP contribution is 2.34. The molecule has 0 radical (unpaired) electrons. The number of alkyl halides is 4. The van der Waals surface area contributed by atoms with Crippen LogP contribution in [-0.4, -0.2) is 19.3 Å². The summed E-state index contributed by atoms with van der Waals surface area (Å²) < 4.78 is 65.8. The molecule has 2 unspecified atom stereocenters. The second-order valence-corrected chi connectivity index (χ2v) is 7.88. The average Bonchev–Trinajstić information content (AvgIpc) is 2.40. The third-order valence-corrected chi connectivity index (χ3v) is 6.11. The monoisotopic (exact) mass is 385 g/mol. The van der Waals surface area contributed by atoms with Crippen molar-refractivity contribution in [3.63, 3.8) is 0 Å². The van der Waals surface area contributed by atoms with Crippen molar-refractivity contribution in [2.45, 2.75) is 47.6 Å². The van der Waals surface area contributed by atoms with Crippen molar-refractivity contribution in [1.82, 2.24) is 4.72 Å². The van der Waals surface area contributed by atoms with Crippen LogP contribution in [0.2, 0.25) is 0 Å². The molecule has 0 aromatic heterocycles. The Balaban J connectivity index is 2.32. The maximum Gasteiger partial charge on any atom is 0.417 e. The summed E-state index contributed by atoms with van der Waals surface area (Å²) >= 11 is 3.39. The van der Waals surface area contributed by atoms with E-state index in [1.807, 2.05) is 0 Å². The summed E-state index contributed by atoms with van der Waals surface area (Å²) in [6.45, 7) is 0. The van der Waals surface area contributed by atoms with E-state index in [0.29, 0.717) is 6.42 Å². The number of benzene rings is 1. The van der Waals surface area contributed by atoms with E-state index in [4.69, 9.17) is 0 Å². The first-order valence-electron chi connectivity index (χ1n) is 6.54. The fourth-order valence-electron chi connectivity index (χ4n) is 2.42. The number of rotatable bonds is 3. The third-order valence-electron chi connectivity index (χ3n) is 3.47. The van der Waals surface area contributed by atoms with Gasteiger partial charge in [-0.2, -0.15) is 13.2 Å². The minimum atomic E-state index is -4.70. The topological polar surface area (TPSA) is 46.2 Å². The molecular formula is C13H15BrF3NO2S. The highest BCUT2D eigenvalue weighted by molar-refractivity contribution is 9.09. The molecule has 1 aromatic carbocycles. The maximum absolute atomic E-state index is 12.9. The van der Waals surface area contributed by atoms with Gasteiger partial charge in [0.2, 0.25) is 10.0 Å². The molecule has 1 saturated carbocycles. The quantitative estimate of drug-likeness (QED) is 0.806. The SMILES string of the molecule is O=S(=O)(NC1CCCCC1Br)c1ccccc1C(F)(F)F. The minimum absolute atomic E-state index is 0.0564. The van der Waals surface area contributed by atoms with Crippen molar-refractivity contribution in [2.24, 2.45) is 0 Å². The first-order chi connectivity index (χ1) is 9.72. The molecule has 118 valence electrons. The second kappa shape index (κ2) is 6.26. The van der Waals surface area contributed by atoms with Gasteiger partial charge in [0, 0.05) is 10.9 Å². The van der Waals surface area contributed by atoms with Crippen molar-refractivity contribution in [2.75, 3.05) is 0 Å². The smallest absolute Gasteiger partial charge is 0.207 e. The molecule has 1 aliphatic carbocycles. The normalized spacial score (nSPS) is 24.0. The van der Waals surface area contributed by atoms with Crippen LogP contribution in [0.3, 0.4) is 0 Å². The molecule has 1 aromatic rings. The Bertz CT molecular complexity index is 604. The Morgan fingerprint density at radius 3 is 2.38 bits per heavy atom. The van der Waals surface area contributed by atoms with Gasteiger partial charge in [-0.05, 0) is 25.0 Å². The molecule has 0 bridgehead atoms. The fourth-order valence-corrected chi connectivity index (χ4v) is 4.85. The van der Waals surface area contributed by atoms with Crippen molar-refractivity contribution in [3.8, 4) is 0 Å². The highest BCUT2D eigenvalue weighted by Gasteiger charge is 2.38. The van der Waals surface area contributed by atoms with Crippen molar-refractivity contribution < 1.29 is 21.6 Å². The zero-order valence-electron chi connectivity index (χ0n) is 11.0. The van der Waals surface area contributed by atoms with Crippen molar-refractivity contribution in [1.29, 1.82) is 0 Å². The Hall–Kier alpha value is -0.600. The first kappa shape index (κ1) is 16.8. The van der Waals surface area contributed by atoms with Gasteiger partial charge >= 0.3 is 6.18 Å². The van der Waals surface area contributed by atoms with E-state index in [1.54, 1.807) is 0 Å². The van der Waals surface area contributed by atoms with Gasteiger partial charge in [0.05, 0.1) is 10.5 Å². The number of hydrogen-bond acceptors (Lipinski definition) is 2. The zero-order valence-corrected chi connectivity index (χ0v) is 13.4.